The predicted octanol–water partition coefficient (Wildman–Crippen LogP) is 0.600. The van der Waals surface area contributed by atoms with Gasteiger partial charge in [-0.1, -0.05) is 13.3 Å². The van der Waals surface area contributed by atoms with E-state index in [1.54, 1.807) is 0 Å². The van der Waals surface area contributed by atoms with E-state index in [1.165, 1.54) is 0 Å². The molecule has 4 heteroatoms. The van der Waals surface area contributed by atoms with Crippen molar-refractivity contribution in [1.29, 1.82) is 0 Å². The van der Waals surface area contributed by atoms with Crippen molar-refractivity contribution in [3.63, 3.8) is 0 Å². The average molecular weight is 178 g/mol. The van der Waals surface area contributed by atoms with Crippen molar-refractivity contribution in [3.05, 3.63) is 0 Å². The summed E-state index contributed by atoms with van der Waals surface area (Å²) in [5.41, 5.74) is 0. The summed E-state index contributed by atoms with van der Waals surface area (Å²) in [4.78, 5) is 0. The minimum Gasteiger partial charge on any atom is -0.376 e. The van der Waals surface area contributed by atoms with Crippen LogP contribution in [0.15, 0.2) is 0 Å². The van der Waals surface area contributed by atoms with Gasteiger partial charge < -0.3 is 4.74 Å². The van der Waals surface area contributed by atoms with Crippen LogP contribution in [-0.2, 0) is 14.6 Å². The summed E-state index contributed by atoms with van der Waals surface area (Å²) < 4.78 is 27.4. The molecule has 0 aliphatic carbocycles. The first-order valence-corrected chi connectivity index (χ1v) is 5.78. The number of hydrogen-bond acceptors (Lipinski definition) is 3. The third-order valence-electron chi connectivity index (χ3n) is 1.80. The maximum absolute atomic E-state index is 11.1. The topological polar surface area (TPSA) is 43.4 Å². The minimum atomic E-state index is -2.78. The molecule has 1 rings (SSSR count). The molecule has 11 heavy (non-hydrogen) atoms. The van der Waals surface area contributed by atoms with Crippen LogP contribution in [0.25, 0.3) is 0 Å². The van der Waals surface area contributed by atoms with E-state index in [0.717, 1.165) is 12.8 Å². The zero-order valence-corrected chi connectivity index (χ0v) is 7.56. The zero-order chi connectivity index (χ0) is 8.32. The van der Waals surface area contributed by atoms with E-state index >= 15 is 0 Å². The summed E-state index contributed by atoms with van der Waals surface area (Å²) in [6, 6.07) is 0. The Morgan fingerprint density at radius 2 is 2.27 bits per heavy atom. The molecule has 1 fully saturated rings. The van der Waals surface area contributed by atoms with Gasteiger partial charge in [-0.3, -0.25) is 0 Å². The van der Waals surface area contributed by atoms with Crippen molar-refractivity contribution >= 4 is 9.84 Å². The SMILES string of the molecule is CCCC1CS(=O)(=O)CCO1. The summed E-state index contributed by atoms with van der Waals surface area (Å²) in [6.07, 6.45) is 1.80. The molecule has 0 N–H and O–H groups in total. The van der Waals surface area contributed by atoms with Crippen molar-refractivity contribution in [1.82, 2.24) is 0 Å². The first-order chi connectivity index (χ1) is 5.14. The fourth-order valence-corrected chi connectivity index (χ4v) is 2.59. The zero-order valence-electron chi connectivity index (χ0n) is 6.75. The van der Waals surface area contributed by atoms with E-state index in [4.69, 9.17) is 4.74 Å². The summed E-state index contributed by atoms with van der Waals surface area (Å²) in [7, 11) is -2.78. The highest BCUT2D eigenvalue weighted by Crippen LogP contribution is 2.11. The molecular formula is C7H14O3S. The van der Waals surface area contributed by atoms with E-state index in [1.807, 2.05) is 6.92 Å². The van der Waals surface area contributed by atoms with Gasteiger partial charge in [0.05, 0.1) is 24.2 Å². The van der Waals surface area contributed by atoms with Crippen molar-refractivity contribution in [3.8, 4) is 0 Å². The van der Waals surface area contributed by atoms with Crippen LogP contribution in [0.1, 0.15) is 19.8 Å². The molecule has 0 amide bonds. The number of rotatable bonds is 2. The van der Waals surface area contributed by atoms with Gasteiger partial charge in [0, 0.05) is 0 Å². The van der Waals surface area contributed by atoms with E-state index in [0.29, 0.717) is 6.61 Å². The molecule has 0 bridgehead atoms. The van der Waals surface area contributed by atoms with Crippen LogP contribution in [0, 0.1) is 0 Å². The molecule has 1 heterocycles. The molecule has 1 atom stereocenters. The van der Waals surface area contributed by atoms with Gasteiger partial charge in [-0.15, -0.1) is 0 Å². The lowest BCUT2D eigenvalue weighted by molar-refractivity contribution is 0.0655. The molecule has 1 unspecified atom stereocenters. The minimum absolute atomic E-state index is 0.0428. The van der Waals surface area contributed by atoms with Crippen molar-refractivity contribution < 1.29 is 13.2 Å². The van der Waals surface area contributed by atoms with Gasteiger partial charge in [-0.05, 0) is 6.42 Å². The highest BCUT2D eigenvalue weighted by Gasteiger charge is 2.24. The second-order valence-electron chi connectivity index (χ2n) is 2.90. The monoisotopic (exact) mass is 178 g/mol. The molecule has 3 nitrogen and oxygen atoms in total. The van der Waals surface area contributed by atoms with Crippen molar-refractivity contribution in [2.75, 3.05) is 18.1 Å². The van der Waals surface area contributed by atoms with Gasteiger partial charge in [-0.25, -0.2) is 8.42 Å². The lowest BCUT2D eigenvalue weighted by atomic mass is 10.2. The van der Waals surface area contributed by atoms with Crippen LogP contribution in [-0.4, -0.2) is 32.6 Å². The van der Waals surface area contributed by atoms with Gasteiger partial charge in [0.25, 0.3) is 0 Å². The molecule has 0 saturated carbocycles. The Kier molecular flexibility index (Phi) is 2.90. The largest absolute Gasteiger partial charge is 0.376 e. The molecule has 0 aromatic rings. The fourth-order valence-electron chi connectivity index (χ4n) is 1.25. The number of hydrogen-bond donors (Lipinski definition) is 0. The molecule has 0 aromatic carbocycles. The summed E-state index contributed by atoms with van der Waals surface area (Å²) in [5, 5.41) is 0. The molecule has 0 radical (unpaired) electrons. The molecule has 1 aliphatic rings. The van der Waals surface area contributed by atoms with Crippen molar-refractivity contribution in [2.24, 2.45) is 0 Å². The Labute approximate surface area is 67.7 Å². The van der Waals surface area contributed by atoms with Gasteiger partial charge in [0.15, 0.2) is 9.84 Å². The van der Waals surface area contributed by atoms with Crippen LogP contribution >= 0.6 is 0 Å². The quantitative estimate of drug-likeness (QED) is 0.622. The third-order valence-corrected chi connectivity index (χ3v) is 3.47. The van der Waals surface area contributed by atoms with Crippen LogP contribution in [0.3, 0.4) is 0 Å². The van der Waals surface area contributed by atoms with Gasteiger partial charge in [0.2, 0.25) is 0 Å². The number of ether oxygens (including phenoxy) is 1. The maximum Gasteiger partial charge on any atom is 0.155 e. The highest BCUT2D eigenvalue weighted by atomic mass is 32.2. The molecule has 1 aliphatic heterocycles. The van der Waals surface area contributed by atoms with Crippen LogP contribution in [0.2, 0.25) is 0 Å². The number of sulfone groups is 1. The standard InChI is InChI=1S/C7H14O3S/c1-2-3-7-6-11(8,9)5-4-10-7/h7H,2-6H2,1H3. The lowest BCUT2D eigenvalue weighted by Crippen LogP contribution is -2.34. The first kappa shape index (κ1) is 9.00. The second-order valence-corrected chi connectivity index (χ2v) is 5.12. The fraction of sp³-hybridized carbons (Fsp3) is 1.00. The van der Waals surface area contributed by atoms with E-state index in [-0.39, 0.29) is 17.6 Å². The van der Waals surface area contributed by atoms with Crippen molar-refractivity contribution in [2.45, 2.75) is 25.9 Å². The van der Waals surface area contributed by atoms with E-state index < -0.39 is 9.84 Å². The molecule has 0 aromatic heterocycles. The summed E-state index contributed by atoms with van der Waals surface area (Å²) >= 11 is 0. The van der Waals surface area contributed by atoms with E-state index in [9.17, 15) is 8.42 Å². The smallest absolute Gasteiger partial charge is 0.155 e. The van der Waals surface area contributed by atoms with Crippen LogP contribution < -0.4 is 0 Å². The predicted molar refractivity (Wildman–Crippen MR) is 43.3 cm³/mol. The molecule has 66 valence electrons. The molecular weight excluding hydrogens is 164 g/mol. The second kappa shape index (κ2) is 3.54. The van der Waals surface area contributed by atoms with E-state index in [2.05, 4.69) is 0 Å². The highest BCUT2D eigenvalue weighted by molar-refractivity contribution is 7.91. The molecule has 1 saturated heterocycles. The Hall–Kier alpha value is -0.0900. The van der Waals surface area contributed by atoms with Gasteiger partial charge in [0.1, 0.15) is 0 Å². The Morgan fingerprint density at radius 1 is 1.55 bits per heavy atom. The Balaban J connectivity index is 2.47. The maximum atomic E-state index is 11.1. The van der Waals surface area contributed by atoms with Crippen LogP contribution in [0.5, 0.6) is 0 Å². The lowest BCUT2D eigenvalue weighted by Gasteiger charge is -2.21. The average Bonchev–Trinajstić information content (AvgIpc) is 1.85. The molecule has 0 spiro atoms. The van der Waals surface area contributed by atoms with Crippen LogP contribution in [0.4, 0.5) is 0 Å². The summed E-state index contributed by atoms with van der Waals surface area (Å²) in [5.74, 6) is 0.425. The summed E-state index contributed by atoms with van der Waals surface area (Å²) in [6.45, 7) is 2.41. The normalized spacial score (nSPS) is 30.1. The van der Waals surface area contributed by atoms with Gasteiger partial charge in [-0.2, -0.15) is 0 Å². The first-order valence-electron chi connectivity index (χ1n) is 3.96. The third kappa shape index (κ3) is 2.79. The Morgan fingerprint density at radius 3 is 2.82 bits per heavy atom. The van der Waals surface area contributed by atoms with Gasteiger partial charge >= 0.3 is 0 Å². The Bertz CT molecular complexity index is 206.